The van der Waals surface area contributed by atoms with Gasteiger partial charge in [-0.2, -0.15) is 0 Å². The maximum atomic E-state index is 11.6. The van der Waals surface area contributed by atoms with Gasteiger partial charge in [-0.05, 0) is 84.9 Å². The van der Waals surface area contributed by atoms with Crippen molar-refractivity contribution >= 4 is 27.7 Å². The SMILES string of the molecule is CCOC(=O)C1CCN(c2cc(C)ccn2)CC1.Cc1ccnc(Br)c1. The predicted molar refractivity (Wildman–Crippen MR) is 107 cm³/mol. The fraction of sp³-hybridized carbons (Fsp3) is 0.450. The molecular weight excluding hydrogens is 394 g/mol. The van der Waals surface area contributed by atoms with Gasteiger partial charge in [0, 0.05) is 25.5 Å². The van der Waals surface area contributed by atoms with Gasteiger partial charge in [-0.15, -0.1) is 0 Å². The van der Waals surface area contributed by atoms with Crippen LogP contribution in [-0.2, 0) is 9.53 Å². The van der Waals surface area contributed by atoms with Crippen LogP contribution >= 0.6 is 15.9 Å². The summed E-state index contributed by atoms with van der Waals surface area (Å²) in [5.74, 6) is 1.03. The first-order valence-corrected chi connectivity index (χ1v) is 9.71. The largest absolute Gasteiger partial charge is 0.466 e. The molecular formula is C20H26BrN3O2. The van der Waals surface area contributed by atoms with E-state index in [0.29, 0.717) is 6.61 Å². The summed E-state index contributed by atoms with van der Waals surface area (Å²) in [6.45, 7) is 8.17. The van der Waals surface area contributed by atoms with Gasteiger partial charge in [-0.3, -0.25) is 4.79 Å². The standard InChI is InChI=1S/C14H20N2O2.C6H6BrN/c1-3-18-14(17)12-5-8-16(9-6-12)13-10-11(2)4-7-15-13;1-5-2-3-8-6(7)4-5/h4,7,10,12H,3,5-6,8-9H2,1-2H3;2-4H,1H3. The number of hydrogen-bond donors (Lipinski definition) is 0. The lowest BCUT2D eigenvalue weighted by atomic mass is 9.97. The second-order valence-corrected chi connectivity index (χ2v) is 7.17. The van der Waals surface area contributed by atoms with E-state index in [9.17, 15) is 4.79 Å². The molecule has 0 aromatic carbocycles. The van der Waals surface area contributed by atoms with E-state index in [1.807, 2.05) is 38.2 Å². The van der Waals surface area contributed by atoms with E-state index in [0.717, 1.165) is 36.4 Å². The Morgan fingerprint density at radius 3 is 2.27 bits per heavy atom. The highest BCUT2D eigenvalue weighted by Gasteiger charge is 2.26. The van der Waals surface area contributed by atoms with Crippen molar-refractivity contribution in [3.8, 4) is 0 Å². The van der Waals surface area contributed by atoms with E-state index in [1.165, 1.54) is 11.1 Å². The molecule has 0 saturated carbocycles. The predicted octanol–water partition coefficient (Wildman–Crippen LogP) is 4.32. The normalized spacial score (nSPS) is 14.4. The lowest BCUT2D eigenvalue weighted by Crippen LogP contribution is -2.37. The van der Waals surface area contributed by atoms with Crippen LogP contribution in [0.5, 0.6) is 0 Å². The number of aromatic nitrogens is 2. The number of nitrogens with zero attached hydrogens (tertiary/aromatic N) is 3. The molecule has 0 bridgehead atoms. The molecule has 0 radical (unpaired) electrons. The first-order chi connectivity index (χ1) is 12.5. The van der Waals surface area contributed by atoms with Crippen molar-refractivity contribution in [1.82, 2.24) is 9.97 Å². The zero-order chi connectivity index (χ0) is 18.9. The van der Waals surface area contributed by atoms with E-state index in [4.69, 9.17) is 4.74 Å². The third-order valence-electron chi connectivity index (χ3n) is 4.22. The second kappa shape index (κ2) is 10.3. The minimum absolute atomic E-state index is 0.0469. The Bertz CT molecular complexity index is 698. The number of halogens is 1. The zero-order valence-electron chi connectivity index (χ0n) is 15.6. The topological polar surface area (TPSA) is 55.3 Å². The summed E-state index contributed by atoms with van der Waals surface area (Å²) in [5.41, 5.74) is 2.44. The smallest absolute Gasteiger partial charge is 0.309 e. The van der Waals surface area contributed by atoms with Crippen LogP contribution in [0.3, 0.4) is 0 Å². The van der Waals surface area contributed by atoms with Gasteiger partial charge in [-0.1, -0.05) is 0 Å². The first-order valence-electron chi connectivity index (χ1n) is 8.92. The highest BCUT2D eigenvalue weighted by Crippen LogP contribution is 2.23. The minimum Gasteiger partial charge on any atom is -0.466 e. The van der Waals surface area contributed by atoms with Crippen LogP contribution in [0.2, 0.25) is 0 Å². The summed E-state index contributed by atoms with van der Waals surface area (Å²) < 4.78 is 5.97. The number of anilines is 1. The highest BCUT2D eigenvalue weighted by atomic mass is 79.9. The van der Waals surface area contributed by atoms with Crippen molar-refractivity contribution in [3.63, 3.8) is 0 Å². The Morgan fingerprint density at radius 1 is 1.15 bits per heavy atom. The zero-order valence-corrected chi connectivity index (χ0v) is 17.2. The molecule has 1 aliphatic rings. The van der Waals surface area contributed by atoms with Gasteiger partial charge in [0.25, 0.3) is 0 Å². The maximum Gasteiger partial charge on any atom is 0.309 e. The number of pyridine rings is 2. The Labute approximate surface area is 163 Å². The van der Waals surface area contributed by atoms with Crippen molar-refractivity contribution in [2.24, 2.45) is 5.92 Å². The van der Waals surface area contributed by atoms with Gasteiger partial charge in [0.2, 0.25) is 0 Å². The van der Waals surface area contributed by atoms with Crippen molar-refractivity contribution < 1.29 is 9.53 Å². The van der Waals surface area contributed by atoms with Gasteiger partial charge >= 0.3 is 5.97 Å². The maximum absolute atomic E-state index is 11.6. The molecule has 0 amide bonds. The summed E-state index contributed by atoms with van der Waals surface area (Å²) in [4.78, 5) is 22.2. The number of rotatable bonds is 3. The Balaban J connectivity index is 0.000000254. The molecule has 0 aliphatic carbocycles. The lowest BCUT2D eigenvalue weighted by molar-refractivity contribution is -0.148. The molecule has 3 rings (SSSR count). The second-order valence-electron chi connectivity index (χ2n) is 6.36. The molecule has 140 valence electrons. The molecule has 26 heavy (non-hydrogen) atoms. The number of aryl methyl sites for hydroxylation is 2. The molecule has 0 unspecified atom stereocenters. The van der Waals surface area contributed by atoms with Gasteiger partial charge < -0.3 is 9.64 Å². The first kappa shape index (κ1) is 20.4. The number of piperidine rings is 1. The van der Waals surface area contributed by atoms with Crippen molar-refractivity contribution in [2.45, 2.75) is 33.6 Å². The van der Waals surface area contributed by atoms with Crippen LogP contribution in [0.15, 0.2) is 41.3 Å². The molecule has 3 heterocycles. The molecule has 2 aromatic rings. The van der Waals surface area contributed by atoms with Crippen LogP contribution in [0.1, 0.15) is 30.9 Å². The van der Waals surface area contributed by atoms with Crippen LogP contribution < -0.4 is 4.90 Å². The van der Waals surface area contributed by atoms with E-state index < -0.39 is 0 Å². The number of carbonyl (C=O) groups is 1. The Morgan fingerprint density at radius 2 is 1.77 bits per heavy atom. The van der Waals surface area contributed by atoms with Gasteiger partial charge in [-0.25, -0.2) is 9.97 Å². The summed E-state index contributed by atoms with van der Waals surface area (Å²) in [7, 11) is 0. The number of ether oxygens (including phenoxy) is 1. The van der Waals surface area contributed by atoms with Gasteiger partial charge in [0.05, 0.1) is 12.5 Å². The average Bonchev–Trinajstić information content (AvgIpc) is 2.62. The van der Waals surface area contributed by atoms with E-state index in [1.54, 1.807) is 6.20 Å². The summed E-state index contributed by atoms with van der Waals surface area (Å²) in [6.07, 6.45) is 5.32. The minimum atomic E-state index is -0.0469. The summed E-state index contributed by atoms with van der Waals surface area (Å²) in [6, 6.07) is 8.02. The summed E-state index contributed by atoms with van der Waals surface area (Å²) in [5, 5.41) is 0. The molecule has 1 aliphatic heterocycles. The fourth-order valence-electron chi connectivity index (χ4n) is 2.80. The van der Waals surface area contributed by atoms with E-state index in [2.05, 4.69) is 43.8 Å². The number of esters is 1. The molecule has 0 N–H and O–H groups in total. The molecule has 5 nitrogen and oxygen atoms in total. The third kappa shape index (κ3) is 6.41. The van der Waals surface area contributed by atoms with Crippen LogP contribution in [0.4, 0.5) is 5.82 Å². The molecule has 1 saturated heterocycles. The van der Waals surface area contributed by atoms with E-state index in [-0.39, 0.29) is 11.9 Å². The lowest BCUT2D eigenvalue weighted by Gasteiger charge is -2.31. The van der Waals surface area contributed by atoms with Gasteiger partial charge in [0.1, 0.15) is 10.4 Å². The monoisotopic (exact) mass is 419 g/mol. The fourth-order valence-corrected chi connectivity index (χ4v) is 3.28. The molecule has 2 aromatic heterocycles. The Kier molecular flexibility index (Phi) is 8.04. The average molecular weight is 420 g/mol. The van der Waals surface area contributed by atoms with Crippen molar-refractivity contribution in [3.05, 3.63) is 52.4 Å². The van der Waals surface area contributed by atoms with E-state index >= 15 is 0 Å². The number of carbonyl (C=O) groups excluding carboxylic acids is 1. The van der Waals surface area contributed by atoms with Crippen molar-refractivity contribution in [2.75, 3.05) is 24.6 Å². The third-order valence-corrected chi connectivity index (χ3v) is 4.66. The molecule has 6 heteroatoms. The number of hydrogen-bond acceptors (Lipinski definition) is 5. The van der Waals surface area contributed by atoms with Crippen LogP contribution in [-0.4, -0.2) is 35.6 Å². The molecule has 1 fully saturated rings. The van der Waals surface area contributed by atoms with Gasteiger partial charge in [0.15, 0.2) is 0 Å². The van der Waals surface area contributed by atoms with Crippen LogP contribution in [0.25, 0.3) is 0 Å². The van der Waals surface area contributed by atoms with Crippen LogP contribution in [0, 0.1) is 19.8 Å². The summed E-state index contributed by atoms with van der Waals surface area (Å²) >= 11 is 3.25. The molecule has 0 spiro atoms. The quantitative estimate of drug-likeness (QED) is 0.547. The van der Waals surface area contributed by atoms with Crippen molar-refractivity contribution in [1.29, 1.82) is 0 Å². The molecule has 0 atom stereocenters. The Hall–Kier alpha value is -1.95. The highest BCUT2D eigenvalue weighted by molar-refractivity contribution is 9.10.